The lowest BCUT2D eigenvalue weighted by Crippen LogP contribution is -2.21. The fourth-order valence-corrected chi connectivity index (χ4v) is 1.38. The van der Waals surface area contributed by atoms with Gasteiger partial charge in [0, 0.05) is 25.7 Å². The van der Waals surface area contributed by atoms with Gasteiger partial charge in [-0.15, -0.1) is 0 Å². The summed E-state index contributed by atoms with van der Waals surface area (Å²) in [6.45, 7) is 0.241. The van der Waals surface area contributed by atoms with E-state index in [1.54, 1.807) is 24.3 Å². The fraction of sp³-hybridized carbons (Fsp3) is 0.417. The van der Waals surface area contributed by atoms with Crippen LogP contribution in [0.2, 0.25) is 0 Å². The van der Waals surface area contributed by atoms with Crippen LogP contribution in [-0.4, -0.2) is 25.7 Å². The molecule has 0 aromatic heterocycles. The Kier molecular flexibility index (Phi) is 5.15. The van der Waals surface area contributed by atoms with Crippen LogP contribution in [0.15, 0.2) is 24.3 Å². The first kappa shape index (κ1) is 14.5. The molecule has 1 rings (SSSR count). The van der Waals surface area contributed by atoms with Crippen molar-refractivity contribution in [2.24, 2.45) is 0 Å². The first-order valence-corrected chi connectivity index (χ1v) is 5.51. The fourth-order valence-electron chi connectivity index (χ4n) is 1.38. The number of hydrogen-bond donors (Lipinski definition) is 2. The van der Waals surface area contributed by atoms with Gasteiger partial charge in [-0.2, -0.15) is 13.2 Å². The first-order chi connectivity index (χ1) is 8.42. The van der Waals surface area contributed by atoms with E-state index in [2.05, 4.69) is 10.6 Å². The molecule has 0 fully saturated rings. The minimum atomic E-state index is -4.13. The number of amides is 1. The van der Waals surface area contributed by atoms with E-state index < -0.39 is 12.6 Å². The maximum atomic E-state index is 11.9. The largest absolute Gasteiger partial charge is 0.390 e. The molecule has 0 aliphatic carbocycles. The van der Waals surface area contributed by atoms with Crippen LogP contribution in [-0.2, 0) is 6.54 Å². The van der Waals surface area contributed by atoms with Crippen molar-refractivity contribution in [3.05, 3.63) is 35.4 Å². The van der Waals surface area contributed by atoms with E-state index in [0.29, 0.717) is 12.1 Å². The lowest BCUT2D eigenvalue weighted by molar-refractivity contribution is -0.133. The molecule has 0 radical (unpaired) electrons. The van der Waals surface area contributed by atoms with E-state index in [-0.39, 0.29) is 12.5 Å². The van der Waals surface area contributed by atoms with Crippen LogP contribution < -0.4 is 10.6 Å². The smallest absolute Gasteiger partial charge is 0.355 e. The average molecular weight is 260 g/mol. The molecule has 0 heterocycles. The number of halogens is 3. The number of benzene rings is 1. The number of rotatable bonds is 5. The summed E-state index contributed by atoms with van der Waals surface area (Å²) in [5.74, 6) is -0.188. The number of carbonyl (C=O) groups excluding carboxylic acids is 1. The molecule has 1 aromatic rings. The van der Waals surface area contributed by atoms with Crippen LogP contribution in [0.25, 0.3) is 0 Å². The van der Waals surface area contributed by atoms with Crippen LogP contribution in [0.4, 0.5) is 13.2 Å². The molecular weight excluding hydrogens is 245 g/mol. The molecule has 100 valence electrons. The van der Waals surface area contributed by atoms with E-state index >= 15 is 0 Å². The molecule has 6 heteroatoms. The van der Waals surface area contributed by atoms with Gasteiger partial charge in [-0.3, -0.25) is 4.79 Å². The van der Waals surface area contributed by atoms with Gasteiger partial charge in [-0.25, -0.2) is 0 Å². The Morgan fingerprint density at radius 1 is 1.22 bits per heavy atom. The molecule has 2 N–H and O–H groups in total. The summed E-state index contributed by atoms with van der Waals surface area (Å²) in [6.07, 6.45) is -4.97. The summed E-state index contributed by atoms with van der Waals surface area (Å²) < 4.78 is 35.6. The van der Waals surface area contributed by atoms with Gasteiger partial charge in [-0.1, -0.05) is 12.1 Å². The summed E-state index contributed by atoms with van der Waals surface area (Å²) in [6, 6.07) is 6.70. The third-order valence-electron chi connectivity index (χ3n) is 2.36. The molecule has 1 amide bonds. The number of nitrogens with one attached hydrogen (secondary N) is 2. The van der Waals surface area contributed by atoms with E-state index in [1.165, 1.54) is 7.05 Å². The van der Waals surface area contributed by atoms with Gasteiger partial charge in [0.1, 0.15) is 0 Å². The van der Waals surface area contributed by atoms with Crippen molar-refractivity contribution in [1.82, 2.24) is 10.6 Å². The minimum absolute atomic E-state index is 0.110. The molecule has 0 aliphatic rings. The molecule has 0 saturated heterocycles. The molecule has 0 unspecified atom stereocenters. The molecule has 0 aliphatic heterocycles. The molecule has 0 saturated carbocycles. The van der Waals surface area contributed by atoms with Crippen LogP contribution >= 0.6 is 0 Å². The van der Waals surface area contributed by atoms with Crippen molar-refractivity contribution in [3.8, 4) is 0 Å². The van der Waals surface area contributed by atoms with Crippen LogP contribution in [0.3, 0.4) is 0 Å². The van der Waals surface area contributed by atoms with E-state index in [4.69, 9.17) is 0 Å². The second-order valence-electron chi connectivity index (χ2n) is 3.82. The second kappa shape index (κ2) is 6.39. The second-order valence-corrected chi connectivity index (χ2v) is 3.82. The molecule has 0 atom stereocenters. The van der Waals surface area contributed by atoms with Crippen LogP contribution in [0.5, 0.6) is 0 Å². The van der Waals surface area contributed by atoms with Crippen molar-refractivity contribution < 1.29 is 18.0 Å². The van der Waals surface area contributed by atoms with E-state index in [1.807, 2.05) is 0 Å². The van der Waals surface area contributed by atoms with Gasteiger partial charge in [-0.05, 0) is 17.7 Å². The highest BCUT2D eigenvalue weighted by Gasteiger charge is 2.25. The third-order valence-corrected chi connectivity index (χ3v) is 2.36. The Labute approximate surface area is 103 Å². The zero-order valence-electron chi connectivity index (χ0n) is 9.97. The van der Waals surface area contributed by atoms with Gasteiger partial charge in [0.15, 0.2) is 0 Å². The predicted octanol–water partition coefficient (Wildman–Crippen LogP) is 2.09. The third kappa shape index (κ3) is 5.18. The van der Waals surface area contributed by atoms with Crippen LogP contribution in [0, 0.1) is 0 Å². The van der Waals surface area contributed by atoms with Crippen molar-refractivity contribution in [2.75, 3.05) is 13.6 Å². The first-order valence-electron chi connectivity index (χ1n) is 5.51. The topological polar surface area (TPSA) is 41.1 Å². The highest BCUT2D eigenvalue weighted by Crippen LogP contribution is 2.18. The molecule has 0 spiro atoms. The maximum Gasteiger partial charge on any atom is 0.390 e. The van der Waals surface area contributed by atoms with Gasteiger partial charge >= 0.3 is 6.18 Å². The monoisotopic (exact) mass is 260 g/mol. The Morgan fingerprint density at radius 3 is 2.33 bits per heavy atom. The highest BCUT2D eigenvalue weighted by atomic mass is 19.4. The Morgan fingerprint density at radius 2 is 1.83 bits per heavy atom. The van der Waals surface area contributed by atoms with Crippen molar-refractivity contribution in [3.63, 3.8) is 0 Å². The Balaban J connectivity index is 2.38. The van der Waals surface area contributed by atoms with E-state index in [0.717, 1.165) is 5.56 Å². The average Bonchev–Trinajstić information content (AvgIpc) is 2.33. The molecular formula is C12H15F3N2O. The normalized spacial score (nSPS) is 11.3. The molecule has 0 bridgehead atoms. The molecule has 3 nitrogen and oxygen atoms in total. The maximum absolute atomic E-state index is 11.9. The summed E-state index contributed by atoms with van der Waals surface area (Å²) in [4.78, 5) is 11.2. The zero-order chi connectivity index (χ0) is 13.6. The number of carbonyl (C=O) groups is 1. The van der Waals surface area contributed by atoms with E-state index in [9.17, 15) is 18.0 Å². The van der Waals surface area contributed by atoms with Crippen molar-refractivity contribution >= 4 is 5.91 Å². The summed E-state index contributed by atoms with van der Waals surface area (Å²) in [5, 5.41) is 5.19. The summed E-state index contributed by atoms with van der Waals surface area (Å²) in [5.41, 5.74) is 1.36. The number of alkyl halides is 3. The Hall–Kier alpha value is -1.56. The molecule has 1 aromatic carbocycles. The number of hydrogen-bond acceptors (Lipinski definition) is 2. The predicted molar refractivity (Wildman–Crippen MR) is 62.2 cm³/mol. The standard InChI is InChI=1S/C12H15F3N2O/c1-16-11(18)10-4-2-9(3-5-10)8-17-7-6-12(13,14)15/h2-5,17H,6-8H2,1H3,(H,16,18). The van der Waals surface area contributed by atoms with Gasteiger partial charge in [0.2, 0.25) is 0 Å². The van der Waals surface area contributed by atoms with Crippen LogP contribution in [0.1, 0.15) is 22.3 Å². The van der Waals surface area contributed by atoms with Crippen molar-refractivity contribution in [1.29, 1.82) is 0 Å². The zero-order valence-corrected chi connectivity index (χ0v) is 9.97. The van der Waals surface area contributed by atoms with Gasteiger partial charge < -0.3 is 10.6 Å². The lowest BCUT2D eigenvalue weighted by atomic mass is 10.1. The summed E-state index contributed by atoms with van der Waals surface area (Å²) in [7, 11) is 1.54. The van der Waals surface area contributed by atoms with Gasteiger partial charge in [0.25, 0.3) is 5.91 Å². The molecule has 18 heavy (non-hydrogen) atoms. The Bertz CT molecular complexity index is 387. The SMILES string of the molecule is CNC(=O)c1ccc(CNCCC(F)(F)F)cc1. The summed E-state index contributed by atoms with van der Waals surface area (Å²) >= 11 is 0. The highest BCUT2D eigenvalue weighted by molar-refractivity contribution is 5.93. The lowest BCUT2D eigenvalue weighted by Gasteiger charge is -2.08. The van der Waals surface area contributed by atoms with Crippen molar-refractivity contribution in [2.45, 2.75) is 19.1 Å². The quantitative estimate of drug-likeness (QED) is 0.796. The van der Waals surface area contributed by atoms with Gasteiger partial charge in [0.05, 0.1) is 6.42 Å². The minimum Gasteiger partial charge on any atom is -0.355 e.